The van der Waals surface area contributed by atoms with Crippen LogP contribution in [-0.2, 0) is 128 Å². The summed E-state index contributed by atoms with van der Waals surface area (Å²) in [5, 5.41) is 180. The first kappa shape index (κ1) is 73.1. The van der Waals surface area contributed by atoms with Gasteiger partial charge in [-0.15, -0.1) is 20.5 Å². The van der Waals surface area contributed by atoms with Crippen molar-refractivity contribution >= 4 is 76.1 Å². The lowest BCUT2D eigenvalue weighted by atomic mass is 10.1. The van der Waals surface area contributed by atoms with E-state index < -0.39 is 35.9 Å². The first-order valence-electron chi connectivity index (χ1n) is 26.4. The molecule has 0 atom stereocenters. The van der Waals surface area contributed by atoms with Gasteiger partial charge in [0.05, 0.1) is 64.7 Å². The van der Waals surface area contributed by atoms with Gasteiger partial charge in [0.15, 0.2) is 34.6 Å². The summed E-state index contributed by atoms with van der Waals surface area (Å²) < 4.78 is 4.38. The number of nitrogens with two attached hydrogens (primary N) is 2. The van der Waals surface area contributed by atoms with Gasteiger partial charge >= 0.3 is 35.9 Å². The Balaban J connectivity index is 0.995. The van der Waals surface area contributed by atoms with Crippen molar-refractivity contribution in [3.8, 4) is 41.4 Å². The average molecular weight is 1410 g/mol. The van der Waals surface area contributed by atoms with E-state index in [-0.39, 0.29) is 160 Å². The molecule has 0 aliphatic heterocycles. The van der Waals surface area contributed by atoms with Gasteiger partial charge in [-0.1, -0.05) is 0 Å². The Morgan fingerprint density at radius 2 is 0.960 bits per heavy atom. The van der Waals surface area contributed by atoms with Crippen molar-refractivity contribution in [3.05, 3.63) is 99.4 Å². The highest BCUT2D eigenvalue weighted by atomic mass is 18.0. The molecule has 6 heterocycles. The van der Waals surface area contributed by atoms with Crippen LogP contribution in [0.2, 0.25) is 0 Å². The highest BCUT2D eigenvalue weighted by Crippen LogP contribution is 2.39. The van der Waals surface area contributed by atoms with Crippen LogP contribution >= 0.6 is 0 Å². The van der Waals surface area contributed by atoms with Crippen molar-refractivity contribution in [1.82, 2.24) is 69.0 Å². The van der Waals surface area contributed by atoms with E-state index in [4.69, 9.17) is 33.5 Å². The standard InChI is InChI=1S/C45H40N24O31/c1-20-31(34(47)68(62-20)42-52-40(54-44(77)56-42)50-17-15-29(70)71)58-60-36-26(19-46)27(64-66(36)24-13-9-23(10-14-24)39(76)80-82-84-86-88-90-92-94-96-98-100-99-97-95-93-91-89-87-85-83-81-79)5-4-6-28-33(49-3)37(67(65-28)25-11-7-22(8-12-25)38(74)75)61-59-32-21(2)63-69(35(32)48)43-53-41(55-45(78)57-43)51-18-16-30(72)73/h7-14,79H,4-6,15-18,47-48H2,1-2H3,(H,70,71)(H,72,73)(H,74,75)(H2,50,52,54,56,77)(H2,51,53,55,57,78). The Labute approximate surface area is 547 Å². The lowest BCUT2D eigenvalue weighted by Gasteiger charge is -2.06. The van der Waals surface area contributed by atoms with Crippen molar-refractivity contribution < 1.29 is 156 Å². The summed E-state index contributed by atoms with van der Waals surface area (Å²) in [5.74, 6) is -6.59. The number of hydrogen-bond donors (Lipinski definition) is 10. The Morgan fingerprint density at radius 1 is 0.550 bits per heavy atom. The molecule has 526 valence electrons. The largest absolute Gasteiger partial charge is 0.481 e. The van der Waals surface area contributed by atoms with Crippen LogP contribution in [-0.4, -0.2) is 137 Å². The maximum atomic E-state index is 12.9. The van der Waals surface area contributed by atoms with E-state index in [2.05, 4.69) is 198 Å². The Bertz CT molecular complexity index is 4290. The van der Waals surface area contributed by atoms with E-state index in [1.807, 2.05) is 0 Å². The molecule has 0 unspecified atom stereocenters. The number of nitrogen functional groups attached to an aromatic ring is 2. The van der Waals surface area contributed by atoms with Crippen LogP contribution < -0.4 is 22.1 Å². The van der Waals surface area contributed by atoms with Gasteiger partial charge in [-0.2, -0.15) is 64.9 Å². The van der Waals surface area contributed by atoms with Gasteiger partial charge in [0.2, 0.25) is 11.9 Å². The molecule has 0 fully saturated rings. The number of aromatic carboxylic acids is 1. The monoisotopic (exact) mass is 1410 g/mol. The first-order chi connectivity index (χ1) is 48.4. The average Bonchev–Trinajstić information content (AvgIpc) is 1.65. The second kappa shape index (κ2) is 36.4. The fourth-order valence-corrected chi connectivity index (χ4v) is 7.66. The number of carboxylic acid groups (broad SMARTS) is 3. The minimum Gasteiger partial charge on any atom is -0.481 e. The number of nitrogens with zero attached hydrogens (tertiary/aromatic N) is 20. The van der Waals surface area contributed by atoms with E-state index >= 15 is 0 Å². The zero-order chi connectivity index (χ0) is 71.5. The highest BCUT2D eigenvalue weighted by molar-refractivity contribution is 5.89. The van der Waals surface area contributed by atoms with Gasteiger partial charge < -0.3 is 47.6 Å². The van der Waals surface area contributed by atoms with Crippen LogP contribution in [0.5, 0.6) is 12.0 Å². The fraction of sp³-hybridized carbons (Fsp3) is 0.200. The van der Waals surface area contributed by atoms with Crippen LogP contribution in [0.15, 0.2) is 69.0 Å². The Morgan fingerprint density at radius 3 is 1.39 bits per heavy atom. The molecular weight excluding hydrogens is 1370 g/mol. The number of aliphatic carboxylic acids is 2. The smallest absolute Gasteiger partial charge is 0.376 e. The minimum absolute atomic E-state index is 0.0242. The number of carbonyl (C=O) groups excluding carboxylic acids is 1. The lowest BCUT2D eigenvalue weighted by Crippen LogP contribution is -2.13. The van der Waals surface area contributed by atoms with Crippen LogP contribution in [0.4, 0.5) is 52.2 Å². The summed E-state index contributed by atoms with van der Waals surface area (Å²) >= 11 is 0. The molecule has 0 aliphatic rings. The van der Waals surface area contributed by atoms with Crippen molar-refractivity contribution in [1.29, 1.82) is 5.26 Å². The van der Waals surface area contributed by atoms with Crippen molar-refractivity contribution in [2.75, 3.05) is 35.2 Å². The van der Waals surface area contributed by atoms with Gasteiger partial charge in [0.25, 0.3) is 17.6 Å². The van der Waals surface area contributed by atoms with Crippen LogP contribution in [0.1, 0.15) is 68.3 Å². The van der Waals surface area contributed by atoms with E-state index in [9.17, 15) is 39.8 Å². The van der Waals surface area contributed by atoms with Crippen molar-refractivity contribution in [2.24, 2.45) is 20.5 Å². The number of aromatic hydroxyl groups is 2. The SMILES string of the molecule is [C-]#[N+]c1c(CCCc2nn(-c3ccc(C(=O)OOOOOOOOOOOOOOOOOOOOOO)cc3)c(N=Nc3c(C)nn(-c4nc(O)nc(NCCC(=O)O)n4)c3N)c2C#N)nn(-c2ccc(C(=O)O)cc2)c1N=Nc1c(C)nn(-c2nc(O)nc(NCCC(=O)O)n2)c1N. The molecular formula is C45H40N24O31. The molecule has 0 saturated carbocycles. The third-order valence-electron chi connectivity index (χ3n) is 11.7. The minimum atomic E-state index is -1.23. The van der Waals surface area contributed by atoms with Gasteiger partial charge in [-0.05, 0) is 122 Å². The van der Waals surface area contributed by atoms with Crippen molar-refractivity contribution in [3.63, 3.8) is 0 Å². The molecule has 0 aliphatic carbocycles. The molecule has 55 nitrogen and oxygen atoms in total. The quantitative estimate of drug-likeness (QED) is 0.00863. The number of aromatic nitrogens is 14. The molecule has 0 radical (unpaired) electrons. The number of benzene rings is 2. The predicted molar refractivity (Wildman–Crippen MR) is 292 cm³/mol. The number of aryl methyl sites for hydroxylation is 4. The van der Waals surface area contributed by atoms with Gasteiger partial charge in [0, 0.05) is 73.5 Å². The van der Waals surface area contributed by atoms with E-state index in [1.165, 1.54) is 71.7 Å². The number of carbonyl (C=O) groups is 4. The number of hydrogen-bond acceptors (Lipinski definition) is 47. The molecule has 0 spiro atoms. The second-order valence-electron chi connectivity index (χ2n) is 17.8. The van der Waals surface area contributed by atoms with Crippen LogP contribution in [0.25, 0.3) is 28.1 Å². The number of nitriles is 1. The number of nitrogens with one attached hydrogen (secondary N) is 2. The van der Waals surface area contributed by atoms with Gasteiger partial charge in [-0.25, -0.2) is 29.1 Å². The summed E-state index contributed by atoms with van der Waals surface area (Å²) in [5.41, 5.74) is 13.1. The second-order valence-corrected chi connectivity index (χ2v) is 17.8. The topological polar surface area (TPSA) is 686 Å². The van der Waals surface area contributed by atoms with Crippen LogP contribution in [0.3, 0.4) is 0 Å². The zero-order valence-corrected chi connectivity index (χ0v) is 49.6. The molecule has 12 N–H and O–H groups in total. The maximum absolute atomic E-state index is 12.9. The molecule has 55 heteroatoms. The molecule has 0 bridgehead atoms. The Hall–Kier alpha value is -12.7. The number of azo groups is 2. The molecule has 2 aromatic carbocycles. The molecule has 100 heavy (non-hydrogen) atoms. The molecule has 8 aromatic rings. The lowest BCUT2D eigenvalue weighted by molar-refractivity contribution is -0.896. The third kappa shape index (κ3) is 20.2. The molecule has 8 rings (SSSR count). The Kier molecular flexibility index (Phi) is 26.6. The van der Waals surface area contributed by atoms with Crippen molar-refractivity contribution in [2.45, 2.75) is 46.0 Å². The summed E-state index contributed by atoms with van der Waals surface area (Å²) in [6.07, 6.45) is -0.622. The summed E-state index contributed by atoms with van der Waals surface area (Å²) in [6.45, 7) is 11.1. The summed E-state index contributed by atoms with van der Waals surface area (Å²) in [7, 11) is 0. The molecule has 0 saturated heterocycles. The zero-order valence-electron chi connectivity index (χ0n) is 49.6. The van der Waals surface area contributed by atoms with Gasteiger partial charge in [0.1, 0.15) is 11.6 Å². The maximum Gasteiger partial charge on any atom is 0.376 e. The number of rotatable bonds is 42. The van der Waals surface area contributed by atoms with Gasteiger partial charge in [-0.3, -0.25) is 14.5 Å². The normalized spacial score (nSPS) is 11.4. The number of anilines is 4. The van der Waals surface area contributed by atoms with E-state index in [0.717, 1.165) is 9.36 Å². The van der Waals surface area contributed by atoms with E-state index in [1.54, 1.807) is 0 Å². The fourth-order valence-electron chi connectivity index (χ4n) is 7.66. The molecule has 6 aromatic heterocycles. The van der Waals surface area contributed by atoms with E-state index in [0.29, 0.717) is 0 Å². The predicted octanol–water partition coefficient (Wildman–Crippen LogP) is 3.15. The first-order valence-corrected chi connectivity index (χ1v) is 26.4. The summed E-state index contributed by atoms with van der Waals surface area (Å²) in [6, 6.07) is 11.0. The summed E-state index contributed by atoms with van der Waals surface area (Å²) in [4.78, 5) is 78.6. The third-order valence-corrected chi connectivity index (χ3v) is 11.7. The van der Waals surface area contributed by atoms with Crippen LogP contribution in [0, 0.1) is 31.8 Å². The number of carboxylic acids is 3. The highest BCUT2D eigenvalue weighted by Gasteiger charge is 2.26. The molecule has 0 amide bonds.